The summed E-state index contributed by atoms with van der Waals surface area (Å²) >= 11 is 3.40. The lowest BCUT2D eigenvalue weighted by atomic mass is 10.1. The van der Waals surface area contributed by atoms with E-state index in [2.05, 4.69) is 62.0 Å². The van der Waals surface area contributed by atoms with E-state index in [1.54, 1.807) is 0 Å². The zero-order chi connectivity index (χ0) is 13.1. The Morgan fingerprint density at radius 3 is 2.56 bits per heavy atom. The quantitative estimate of drug-likeness (QED) is 0.813. The zero-order valence-corrected chi connectivity index (χ0v) is 12.4. The van der Waals surface area contributed by atoms with E-state index in [0.717, 1.165) is 22.8 Å². The Kier molecular flexibility index (Phi) is 3.97. The van der Waals surface area contributed by atoms with Crippen LogP contribution in [0.1, 0.15) is 17.0 Å². The number of hydrogen-bond donors (Lipinski definition) is 0. The fourth-order valence-corrected chi connectivity index (χ4v) is 2.30. The molecule has 0 radical (unpaired) electrons. The fraction of sp³-hybridized carbons (Fsp3) is 0.286. The highest BCUT2D eigenvalue weighted by atomic mass is 79.9. The minimum absolute atomic E-state index is 0.774. The second-order valence-electron chi connectivity index (χ2n) is 4.38. The second-order valence-corrected chi connectivity index (χ2v) is 5.19. The summed E-state index contributed by atoms with van der Waals surface area (Å²) in [6, 6.07) is 10.3. The molecule has 0 aliphatic carbocycles. The van der Waals surface area contributed by atoms with Crippen molar-refractivity contribution in [2.75, 3.05) is 11.9 Å². The molecule has 0 spiro atoms. The summed E-state index contributed by atoms with van der Waals surface area (Å²) in [6.07, 6.45) is 0. The van der Waals surface area contributed by atoms with Crippen molar-refractivity contribution < 1.29 is 0 Å². The number of aryl methyl sites for hydroxylation is 2. The maximum absolute atomic E-state index is 4.44. The summed E-state index contributed by atoms with van der Waals surface area (Å²) in [7, 11) is 2.04. The van der Waals surface area contributed by atoms with Gasteiger partial charge in [-0.15, -0.1) is 0 Å². The van der Waals surface area contributed by atoms with Crippen molar-refractivity contribution in [1.82, 2.24) is 9.97 Å². The van der Waals surface area contributed by atoms with Crippen molar-refractivity contribution in [3.8, 4) is 0 Å². The molecule has 0 aliphatic rings. The van der Waals surface area contributed by atoms with Gasteiger partial charge in [0.15, 0.2) is 0 Å². The van der Waals surface area contributed by atoms with Crippen LogP contribution in [0.4, 0.5) is 5.82 Å². The number of aromatic nitrogens is 2. The molecule has 0 unspecified atom stereocenters. The standard InChI is InChI=1S/C14H16BrN3/c1-10-6-4-5-7-12(10)9-18(3)14-8-13(15)16-11(2)17-14/h4-8H,9H2,1-3H3. The molecular weight excluding hydrogens is 290 g/mol. The summed E-state index contributed by atoms with van der Waals surface area (Å²) in [5.74, 6) is 1.70. The largest absolute Gasteiger partial charge is 0.355 e. The Morgan fingerprint density at radius 2 is 1.89 bits per heavy atom. The molecule has 0 fully saturated rings. The Balaban J connectivity index is 2.22. The first-order valence-electron chi connectivity index (χ1n) is 5.83. The first-order valence-corrected chi connectivity index (χ1v) is 6.62. The SMILES string of the molecule is Cc1nc(Br)cc(N(C)Cc2ccccc2C)n1. The van der Waals surface area contributed by atoms with Crippen LogP contribution in [-0.2, 0) is 6.54 Å². The van der Waals surface area contributed by atoms with Gasteiger partial charge in [-0.05, 0) is 40.9 Å². The summed E-state index contributed by atoms with van der Waals surface area (Å²) in [5.41, 5.74) is 2.61. The van der Waals surface area contributed by atoms with Crippen molar-refractivity contribution in [2.45, 2.75) is 20.4 Å². The Labute approximate surface area is 116 Å². The molecule has 3 nitrogen and oxygen atoms in total. The third kappa shape index (κ3) is 3.07. The van der Waals surface area contributed by atoms with Crippen LogP contribution in [0.25, 0.3) is 0 Å². The minimum Gasteiger partial charge on any atom is -0.355 e. The molecule has 0 N–H and O–H groups in total. The summed E-state index contributed by atoms with van der Waals surface area (Å²) in [6.45, 7) is 4.87. The monoisotopic (exact) mass is 305 g/mol. The zero-order valence-electron chi connectivity index (χ0n) is 10.8. The number of halogens is 1. The van der Waals surface area contributed by atoms with Crippen LogP contribution in [-0.4, -0.2) is 17.0 Å². The van der Waals surface area contributed by atoms with Gasteiger partial charge in [0.1, 0.15) is 16.2 Å². The van der Waals surface area contributed by atoms with Gasteiger partial charge in [0, 0.05) is 19.7 Å². The molecule has 0 amide bonds. The van der Waals surface area contributed by atoms with E-state index in [1.807, 2.05) is 20.0 Å². The van der Waals surface area contributed by atoms with E-state index in [0.29, 0.717) is 0 Å². The molecule has 2 aromatic rings. The van der Waals surface area contributed by atoms with Crippen LogP contribution >= 0.6 is 15.9 Å². The lowest BCUT2D eigenvalue weighted by Crippen LogP contribution is -2.18. The molecule has 2 rings (SSSR count). The fourth-order valence-electron chi connectivity index (χ4n) is 1.84. The van der Waals surface area contributed by atoms with E-state index in [9.17, 15) is 0 Å². The summed E-state index contributed by atoms with van der Waals surface area (Å²) in [4.78, 5) is 10.8. The normalized spacial score (nSPS) is 10.4. The van der Waals surface area contributed by atoms with Crippen LogP contribution < -0.4 is 4.90 Å². The molecule has 1 aromatic heterocycles. The topological polar surface area (TPSA) is 29.0 Å². The maximum atomic E-state index is 4.44. The van der Waals surface area contributed by atoms with Crippen molar-refractivity contribution >= 4 is 21.7 Å². The first kappa shape index (κ1) is 13.0. The molecule has 0 atom stereocenters. The Bertz CT molecular complexity index is 534. The first-order chi connectivity index (χ1) is 8.56. The average molecular weight is 306 g/mol. The molecule has 4 heteroatoms. The van der Waals surface area contributed by atoms with Crippen LogP contribution in [0.15, 0.2) is 34.9 Å². The Morgan fingerprint density at radius 1 is 1.17 bits per heavy atom. The highest BCUT2D eigenvalue weighted by Crippen LogP contribution is 2.18. The van der Waals surface area contributed by atoms with Gasteiger partial charge in [0.25, 0.3) is 0 Å². The number of nitrogens with zero attached hydrogens (tertiary/aromatic N) is 3. The summed E-state index contributed by atoms with van der Waals surface area (Å²) < 4.78 is 0.821. The smallest absolute Gasteiger partial charge is 0.133 e. The molecule has 1 heterocycles. The van der Waals surface area contributed by atoms with Crippen molar-refractivity contribution in [3.05, 3.63) is 51.9 Å². The lowest BCUT2D eigenvalue weighted by Gasteiger charge is -2.19. The molecule has 0 saturated heterocycles. The molecule has 94 valence electrons. The molecule has 0 saturated carbocycles. The highest BCUT2D eigenvalue weighted by Gasteiger charge is 2.07. The van der Waals surface area contributed by atoms with Crippen LogP contribution in [0.3, 0.4) is 0 Å². The molecular formula is C14H16BrN3. The molecule has 18 heavy (non-hydrogen) atoms. The van der Waals surface area contributed by atoms with Crippen molar-refractivity contribution in [3.63, 3.8) is 0 Å². The van der Waals surface area contributed by atoms with Gasteiger partial charge < -0.3 is 4.90 Å². The average Bonchev–Trinajstić information content (AvgIpc) is 2.31. The predicted molar refractivity (Wildman–Crippen MR) is 77.8 cm³/mol. The summed E-state index contributed by atoms with van der Waals surface area (Å²) in [5, 5.41) is 0. The number of hydrogen-bond acceptors (Lipinski definition) is 3. The van der Waals surface area contributed by atoms with E-state index in [1.165, 1.54) is 11.1 Å². The van der Waals surface area contributed by atoms with E-state index in [4.69, 9.17) is 0 Å². The second kappa shape index (κ2) is 5.48. The van der Waals surface area contributed by atoms with Gasteiger partial charge in [-0.3, -0.25) is 0 Å². The van der Waals surface area contributed by atoms with Crippen LogP contribution in [0, 0.1) is 13.8 Å². The van der Waals surface area contributed by atoms with Gasteiger partial charge >= 0.3 is 0 Å². The number of rotatable bonds is 3. The van der Waals surface area contributed by atoms with E-state index < -0.39 is 0 Å². The minimum atomic E-state index is 0.774. The Hall–Kier alpha value is -1.42. The van der Waals surface area contributed by atoms with Gasteiger partial charge in [-0.25, -0.2) is 9.97 Å². The predicted octanol–water partition coefficient (Wildman–Crippen LogP) is 3.49. The third-order valence-corrected chi connectivity index (χ3v) is 3.26. The van der Waals surface area contributed by atoms with Gasteiger partial charge in [-0.1, -0.05) is 24.3 Å². The van der Waals surface area contributed by atoms with E-state index in [-0.39, 0.29) is 0 Å². The highest BCUT2D eigenvalue weighted by molar-refractivity contribution is 9.10. The van der Waals surface area contributed by atoms with Crippen molar-refractivity contribution in [1.29, 1.82) is 0 Å². The molecule has 1 aromatic carbocycles. The van der Waals surface area contributed by atoms with E-state index >= 15 is 0 Å². The number of anilines is 1. The van der Waals surface area contributed by atoms with Gasteiger partial charge in [-0.2, -0.15) is 0 Å². The number of benzene rings is 1. The van der Waals surface area contributed by atoms with Gasteiger partial charge in [0.05, 0.1) is 0 Å². The third-order valence-electron chi connectivity index (χ3n) is 2.85. The van der Waals surface area contributed by atoms with Crippen LogP contribution in [0.2, 0.25) is 0 Å². The maximum Gasteiger partial charge on any atom is 0.133 e. The molecule has 0 aliphatic heterocycles. The molecule has 0 bridgehead atoms. The van der Waals surface area contributed by atoms with Gasteiger partial charge in [0.2, 0.25) is 0 Å². The lowest BCUT2D eigenvalue weighted by molar-refractivity contribution is 0.870. The van der Waals surface area contributed by atoms with Crippen molar-refractivity contribution in [2.24, 2.45) is 0 Å². The van der Waals surface area contributed by atoms with Crippen LogP contribution in [0.5, 0.6) is 0 Å².